The number of amides is 1. The second-order valence-corrected chi connectivity index (χ2v) is 7.37. The third kappa shape index (κ3) is 3.13. The summed E-state index contributed by atoms with van der Waals surface area (Å²) >= 11 is 0. The number of carbonyl (C=O) groups is 1. The van der Waals surface area contributed by atoms with Gasteiger partial charge in [0, 0.05) is 25.6 Å². The normalized spacial score (nSPS) is 19.9. The number of nitrogens with two attached hydrogens (primary N) is 1. The van der Waals surface area contributed by atoms with Crippen LogP contribution in [0.4, 0.5) is 5.82 Å². The summed E-state index contributed by atoms with van der Waals surface area (Å²) in [4.78, 5) is 22.8. The highest BCUT2D eigenvalue weighted by Crippen LogP contribution is 2.37. The predicted octanol–water partition coefficient (Wildman–Crippen LogP) is 2.90. The molecule has 2 heterocycles. The van der Waals surface area contributed by atoms with Gasteiger partial charge in [0.05, 0.1) is 11.4 Å². The Kier molecular flexibility index (Phi) is 4.51. The van der Waals surface area contributed by atoms with Crippen molar-refractivity contribution in [2.75, 3.05) is 19.8 Å². The van der Waals surface area contributed by atoms with Crippen LogP contribution in [-0.2, 0) is 4.79 Å². The maximum absolute atomic E-state index is 12.5. The standard InChI is InChI=1S/C20H24N6O/c1-25(2)20(27)14-9-6-10-15(11-14)26-19-16(18(21)22-12-23-19)17(24-26)13-7-4-3-5-8-13/h3-5,7-8,12,14-15H,6,9-11H2,1-2H3,(H2,21,22,23). The molecule has 0 radical (unpaired) electrons. The summed E-state index contributed by atoms with van der Waals surface area (Å²) in [5.74, 6) is 0.646. The van der Waals surface area contributed by atoms with Gasteiger partial charge in [0.15, 0.2) is 5.65 Å². The summed E-state index contributed by atoms with van der Waals surface area (Å²) in [5.41, 5.74) is 8.71. The van der Waals surface area contributed by atoms with E-state index in [0.29, 0.717) is 5.82 Å². The van der Waals surface area contributed by atoms with Crippen LogP contribution in [0.3, 0.4) is 0 Å². The first-order chi connectivity index (χ1) is 13.1. The molecule has 3 aromatic rings. The highest BCUT2D eigenvalue weighted by atomic mass is 16.2. The number of hydrogen-bond acceptors (Lipinski definition) is 5. The van der Waals surface area contributed by atoms with E-state index in [1.54, 1.807) is 4.90 Å². The van der Waals surface area contributed by atoms with Crippen LogP contribution in [0, 0.1) is 5.92 Å². The van der Waals surface area contributed by atoms with E-state index < -0.39 is 0 Å². The molecule has 1 amide bonds. The number of fused-ring (bicyclic) bond motifs is 1. The van der Waals surface area contributed by atoms with Crippen LogP contribution in [0.5, 0.6) is 0 Å². The van der Waals surface area contributed by atoms with E-state index in [0.717, 1.165) is 48.0 Å². The molecule has 1 aliphatic carbocycles. The molecule has 27 heavy (non-hydrogen) atoms. The number of aromatic nitrogens is 4. The maximum atomic E-state index is 12.5. The number of benzene rings is 1. The van der Waals surface area contributed by atoms with Crippen molar-refractivity contribution < 1.29 is 4.79 Å². The van der Waals surface area contributed by atoms with Crippen LogP contribution in [0.2, 0.25) is 0 Å². The van der Waals surface area contributed by atoms with E-state index in [-0.39, 0.29) is 17.9 Å². The number of nitrogen functional groups attached to an aromatic ring is 1. The predicted molar refractivity (Wildman–Crippen MR) is 105 cm³/mol. The molecule has 0 spiro atoms. The Morgan fingerprint density at radius 1 is 1.19 bits per heavy atom. The van der Waals surface area contributed by atoms with Gasteiger partial charge in [-0.1, -0.05) is 36.8 Å². The Hall–Kier alpha value is -2.96. The van der Waals surface area contributed by atoms with Gasteiger partial charge in [-0.15, -0.1) is 0 Å². The van der Waals surface area contributed by atoms with E-state index in [1.807, 2.05) is 49.1 Å². The lowest BCUT2D eigenvalue weighted by Crippen LogP contribution is -2.33. The lowest BCUT2D eigenvalue weighted by atomic mass is 9.85. The summed E-state index contributed by atoms with van der Waals surface area (Å²) in [5, 5.41) is 5.67. The average molecular weight is 364 g/mol. The van der Waals surface area contributed by atoms with Gasteiger partial charge >= 0.3 is 0 Å². The number of anilines is 1. The molecule has 1 aliphatic rings. The van der Waals surface area contributed by atoms with Gasteiger partial charge in [0.2, 0.25) is 5.91 Å². The minimum atomic E-state index is 0.0253. The highest BCUT2D eigenvalue weighted by Gasteiger charge is 2.31. The van der Waals surface area contributed by atoms with Gasteiger partial charge in [0.25, 0.3) is 0 Å². The Morgan fingerprint density at radius 2 is 1.96 bits per heavy atom. The zero-order valence-electron chi connectivity index (χ0n) is 15.7. The van der Waals surface area contributed by atoms with E-state index in [2.05, 4.69) is 9.97 Å². The van der Waals surface area contributed by atoms with Crippen molar-refractivity contribution in [3.63, 3.8) is 0 Å². The molecule has 2 unspecified atom stereocenters. The number of carbonyl (C=O) groups excluding carboxylic acids is 1. The summed E-state index contributed by atoms with van der Waals surface area (Å²) < 4.78 is 1.96. The average Bonchev–Trinajstić information content (AvgIpc) is 3.09. The second kappa shape index (κ2) is 6.98. The van der Waals surface area contributed by atoms with Gasteiger partial charge < -0.3 is 10.6 Å². The molecule has 2 atom stereocenters. The van der Waals surface area contributed by atoms with Crippen LogP contribution in [0.25, 0.3) is 22.3 Å². The Morgan fingerprint density at radius 3 is 2.70 bits per heavy atom. The molecule has 2 aromatic heterocycles. The van der Waals surface area contributed by atoms with E-state index in [4.69, 9.17) is 10.8 Å². The summed E-state index contributed by atoms with van der Waals surface area (Å²) in [6, 6.07) is 10.1. The molecular weight excluding hydrogens is 340 g/mol. The summed E-state index contributed by atoms with van der Waals surface area (Å²) in [6.07, 6.45) is 5.15. The molecule has 0 saturated heterocycles. The van der Waals surface area contributed by atoms with Crippen molar-refractivity contribution in [3.05, 3.63) is 36.7 Å². The van der Waals surface area contributed by atoms with E-state index >= 15 is 0 Å². The number of nitrogens with zero attached hydrogens (tertiary/aromatic N) is 5. The third-order valence-electron chi connectivity index (χ3n) is 5.35. The zero-order chi connectivity index (χ0) is 19.0. The number of hydrogen-bond donors (Lipinski definition) is 1. The fraction of sp³-hybridized carbons (Fsp3) is 0.400. The molecule has 1 fully saturated rings. The van der Waals surface area contributed by atoms with Crippen molar-refractivity contribution in [3.8, 4) is 11.3 Å². The number of rotatable bonds is 3. The lowest BCUT2D eigenvalue weighted by Gasteiger charge is -2.30. The smallest absolute Gasteiger partial charge is 0.225 e. The van der Waals surface area contributed by atoms with Crippen LogP contribution in [0.1, 0.15) is 31.7 Å². The van der Waals surface area contributed by atoms with Gasteiger partial charge in [0.1, 0.15) is 17.8 Å². The first kappa shape index (κ1) is 17.5. The first-order valence-electron chi connectivity index (χ1n) is 9.31. The topological polar surface area (TPSA) is 89.9 Å². The second-order valence-electron chi connectivity index (χ2n) is 7.37. The molecule has 7 heteroatoms. The summed E-state index contributed by atoms with van der Waals surface area (Å²) in [7, 11) is 3.63. The van der Waals surface area contributed by atoms with Crippen molar-refractivity contribution in [1.29, 1.82) is 0 Å². The first-order valence-corrected chi connectivity index (χ1v) is 9.31. The largest absolute Gasteiger partial charge is 0.383 e. The molecule has 2 N–H and O–H groups in total. The lowest BCUT2D eigenvalue weighted by molar-refractivity contribution is -0.134. The summed E-state index contributed by atoms with van der Waals surface area (Å²) in [6.45, 7) is 0. The molecule has 1 saturated carbocycles. The SMILES string of the molecule is CN(C)C(=O)C1CCCC(n2nc(-c3ccccc3)c3c(N)ncnc32)C1. The third-order valence-corrected chi connectivity index (χ3v) is 5.35. The van der Waals surface area contributed by atoms with Gasteiger partial charge in [-0.25, -0.2) is 14.6 Å². The van der Waals surface area contributed by atoms with Crippen LogP contribution >= 0.6 is 0 Å². The van der Waals surface area contributed by atoms with Crippen molar-refractivity contribution in [1.82, 2.24) is 24.6 Å². The minimum absolute atomic E-state index is 0.0253. The van der Waals surface area contributed by atoms with Gasteiger partial charge in [-0.05, 0) is 19.3 Å². The molecular formula is C20H24N6O. The molecule has 0 bridgehead atoms. The Bertz CT molecular complexity index is 965. The van der Waals surface area contributed by atoms with E-state index in [9.17, 15) is 4.79 Å². The minimum Gasteiger partial charge on any atom is -0.383 e. The Balaban J connectivity index is 1.79. The quantitative estimate of drug-likeness (QED) is 0.772. The fourth-order valence-corrected chi connectivity index (χ4v) is 4.02. The van der Waals surface area contributed by atoms with Crippen molar-refractivity contribution in [2.45, 2.75) is 31.7 Å². The molecule has 7 nitrogen and oxygen atoms in total. The van der Waals surface area contributed by atoms with Crippen molar-refractivity contribution in [2.24, 2.45) is 5.92 Å². The van der Waals surface area contributed by atoms with Gasteiger partial charge in [-0.2, -0.15) is 5.10 Å². The van der Waals surface area contributed by atoms with Crippen LogP contribution < -0.4 is 5.73 Å². The molecule has 140 valence electrons. The van der Waals surface area contributed by atoms with Crippen LogP contribution in [0.15, 0.2) is 36.7 Å². The monoisotopic (exact) mass is 364 g/mol. The zero-order valence-corrected chi connectivity index (χ0v) is 15.7. The van der Waals surface area contributed by atoms with Crippen LogP contribution in [-0.4, -0.2) is 44.7 Å². The highest BCUT2D eigenvalue weighted by molar-refractivity contribution is 5.98. The molecule has 1 aromatic carbocycles. The Labute approximate surface area is 158 Å². The van der Waals surface area contributed by atoms with E-state index in [1.165, 1.54) is 6.33 Å². The fourth-order valence-electron chi connectivity index (χ4n) is 4.02. The molecule has 0 aliphatic heterocycles. The van der Waals surface area contributed by atoms with Crippen molar-refractivity contribution >= 4 is 22.8 Å². The van der Waals surface area contributed by atoms with Gasteiger partial charge in [-0.3, -0.25) is 4.79 Å². The molecule has 4 rings (SSSR count). The maximum Gasteiger partial charge on any atom is 0.225 e.